The molecule has 0 amide bonds. The maximum Gasteiger partial charge on any atom is 0.231 e. The van der Waals surface area contributed by atoms with Crippen molar-refractivity contribution < 1.29 is 22.7 Å². The van der Waals surface area contributed by atoms with Gasteiger partial charge in [0.1, 0.15) is 5.78 Å². The molecule has 182 valence electrons. The highest BCUT2D eigenvalue weighted by Crippen LogP contribution is 2.51. The number of aryl methyl sites for hydroxylation is 1. The maximum absolute atomic E-state index is 13.4. The molecule has 1 aliphatic carbocycles. The van der Waals surface area contributed by atoms with Gasteiger partial charge in [-0.05, 0) is 72.2 Å². The summed E-state index contributed by atoms with van der Waals surface area (Å²) in [6, 6.07) is 19.9. The molecule has 6 nitrogen and oxygen atoms in total. The summed E-state index contributed by atoms with van der Waals surface area (Å²) in [5.41, 5.74) is 5.70. The lowest BCUT2D eigenvalue weighted by Crippen LogP contribution is -2.24. The van der Waals surface area contributed by atoms with Crippen molar-refractivity contribution >= 4 is 15.8 Å². The fourth-order valence-corrected chi connectivity index (χ4v) is 5.18. The van der Waals surface area contributed by atoms with Crippen molar-refractivity contribution in [3.8, 4) is 22.6 Å². The first-order valence-corrected chi connectivity index (χ1v) is 13.5. The van der Waals surface area contributed by atoms with E-state index < -0.39 is 15.4 Å². The Hall–Kier alpha value is -3.16. The summed E-state index contributed by atoms with van der Waals surface area (Å²) in [5, 5.41) is 0. The number of hydrogen-bond acceptors (Lipinski definition) is 5. The van der Waals surface area contributed by atoms with Crippen LogP contribution in [-0.4, -0.2) is 26.7 Å². The standard InChI is InChI=1S/C28H29NO5S/c1-3-35(31,32)29-17-20-6-8-22(9-7-20)24-14-21(5-4-19(24)2)15-27(30)28(12-13-28)23-10-11-25-26(16-23)34-18-33-25/h4-11,14,16,29H,3,12-13,15,17-18H2,1-2H3. The lowest BCUT2D eigenvalue weighted by molar-refractivity contribution is -0.120. The van der Waals surface area contributed by atoms with Crippen LogP contribution in [0.2, 0.25) is 0 Å². The van der Waals surface area contributed by atoms with Crippen molar-refractivity contribution in [1.82, 2.24) is 4.72 Å². The van der Waals surface area contributed by atoms with Crippen LogP contribution in [0.5, 0.6) is 11.5 Å². The minimum absolute atomic E-state index is 0.0613. The van der Waals surface area contributed by atoms with Gasteiger partial charge in [0.2, 0.25) is 16.8 Å². The SMILES string of the molecule is CCS(=O)(=O)NCc1ccc(-c2cc(CC(=O)C3(c4ccc5c(c4)OCO5)CC3)ccc2C)cc1. The number of fused-ring (bicyclic) bond motifs is 1. The molecule has 1 N–H and O–H groups in total. The Kier molecular flexibility index (Phi) is 6.15. The zero-order chi connectivity index (χ0) is 24.6. The number of ether oxygens (including phenoxy) is 2. The van der Waals surface area contributed by atoms with Crippen LogP contribution in [0.4, 0.5) is 0 Å². The van der Waals surface area contributed by atoms with Crippen LogP contribution in [0.25, 0.3) is 11.1 Å². The quantitative estimate of drug-likeness (QED) is 0.470. The van der Waals surface area contributed by atoms with Crippen LogP contribution >= 0.6 is 0 Å². The number of carbonyl (C=O) groups is 1. The highest BCUT2D eigenvalue weighted by molar-refractivity contribution is 7.89. The molecular weight excluding hydrogens is 462 g/mol. The Labute approximate surface area is 206 Å². The Morgan fingerprint density at radius 1 is 0.943 bits per heavy atom. The molecule has 0 spiro atoms. The fourth-order valence-electron chi connectivity index (χ4n) is 4.59. The number of nitrogens with one attached hydrogen (secondary N) is 1. The van der Waals surface area contributed by atoms with Gasteiger partial charge in [-0.15, -0.1) is 0 Å². The fraction of sp³-hybridized carbons (Fsp3) is 0.321. The Bertz CT molecular complexity index is 1370. The summed E-state index contributed by atoms with van der Waals surface area (Å²) in [6.07, 6.45) is 2.08. The number of Topliss-reactive ketones (excluding diaryl/α,β-unsaturated/α-hetero) is 1. The van der Waals surface area contributed by atoms with Gasteiger partial charge in [0.05, 0.1) is 11.2 Å². The molecule has 3 aromatic carbocycles. The number of benzene rings is 3. The van der Waals surface area contributed by atoms with E-state index in [-0.39, 0.29) is 24.9 Å². The van der Waals surface area contributed by atoms with Gasteiger partial charge in [0.15, 0.2) is 11.5 Å². The van der Waals surface area contributed by atoms with Crippen molar-refractivity contribution in [2.75, 3.05) is 12.5 Å². The first kappa shape index (κ1) is 23.6. The Morgan fingerprint density at radius 2 is 1.66 bits per heavy atom. The van der Waals surface area contributed by atoms with Gasteiger partial charge in [0, 0.05) is 13.0 Å². The molecule has 7 heteroatoms. The lowest BCUT2D eigenvalue weighted by atomic mass is 9.87. The average Bonchev–Trinajstić information content (AvgIpc) is 3.55. The molecule has 5 rings (SSSR count). The Balaban J connectivity index is 1.32. The van der Waals surface area contributed by atoms with Crippen molar-refractivity contribution in [1.29, 1.82) is 0 Å². The molecule has 0 saturated heterocycles. The van der Waals surface area contributed by atoms with Gasteiger partial charge >= 0.3 is 0 Å². The van der Waals surface area contributed by atoms with E-state index in [9.17, 15) is 13.2 Å². The molecule has 1 fully saturated rings. The van der Waals surface area contributed by atoms with Gasteiger partial charge in [-0.1, -0.05) is 48.5 Å². The van der Waals surface area contributed by atoms with Gasteiger partial charge in [-0.2, -0.15) is 0 Å². The number of sulfonamides is 1. The van der Waals surface area contributed by atoms with Gasteiger partial charge in [-0.25, -0.2) is 13.1 Å². The molecule has 1 aliphatic heterocycles. The van der Waals surface area contributed by atoms with Crippen LogP contribution in [-0.2, 0) is 33.2 Å². The third-order valence-electron chi connectivity index (χ3n) is 7.02. The highest BCUT2D eigenvalue weighted by Gasteiger charge is 2.50. The van der Waals surface area contributed by atoms with E-state index in [1.165, 1.54) is 0 Å². The normalized spacial score (nSPS) is 15.7. The lowest BCUT2D eigenvalue weighted by Gasteiger charge is -2.16. The van der Waals surface area contributed by atoms with Crippen LogP contribution in [0.3, 0.4) is 0 Å². The first-order chi connectivity index (χ1) is 16.8. The molecular formula is C28H29NO5S. The van der Waals surface area contributed by atoms with E-state index in [0.29, 0.717) is 12.2 Å². The van der Waals surface area contributed by atoms with Gasteiger partial charge < -0.3 is 9.47 Å². The largest absolute Gasteiger partial charge is 0.454 e. The summed E-state index contributed by atoms with van der Waals surface area (Å²) in [5.74, 6) is 1.73. The average molecular weight is 492 g/mol. The molecule has 1 saturated carbocycles. The summed E-state index contributed by atoms with van der Waals surface area (Å²) in [4.78, 5) is 13.4. The van der Waals surface area contributed by atoms with E-state index in [2.05, 4.69) is 23.8 Å². The zero-order valence-corrected chi connectivity index (χ0v) is 20.8. The van der Waals surface area contributed by atoms with Crippen LogP contribution in [0, 0.1) is 6.92 Å². The summed E-state index contributed by atoms with van der Waals surface area (Å²) in [7, 11) is -3.23. The zero-order valence-electron chi connectivity index (χ0n) is 20.0. The van der Waals surface area contributed by atoms with Crippen molar-refractivity contribution in [3.05, 3.63) is 82.9 Å². The van der Waals surface area contributed by atoms with E-state index in [1.807, 2.05) is 48.5 Å². The van der Waals surface area contributed by atoms with Crippen molar-refractivity contribution in [3.63, 3.8) is 0 Å². The van der Waals surface area contributed by atoms with Gasteiger partial charge in [-0.3, -0.25) is 4.79 Å². The highest BCUT2D eigenvalue weighted by atomic mass is 32.2. The first-order valence-electron chi connectivity index (χ1n) is 11.9. The van der Waals surface area contributed by atoms with Crippen LogP contribution < -0.4 is 14.2 Å². The predicted octanol–water partition coefficient (Wildman–Crippen LogP) is 4.67. The van der Waals surface area contributed by atoms with Crippen LogP contribution in [0.15, 0.2) is 60.7 Å². The second-order valence-electron chi connectivity index (χ2n) is 9.32. The molecule has 3 aromatic rings. The number of hydrogen-bond donors (Lipinski definition) is 1. The third kappa shape index (κ3) is 4.83. The van der Waals surface area contributed by atoms with E-state index in [0.717, 1.165) is 52.0 Å². The van der Waals surface area contributed by atoms with Crippen molar-refractivity contribution in [2.24, 2.45) is 0 Å². The predicted molar refractivity (Wildman–Crippen MR) is 135 cm³/mol. The monoisotopic (exact) mass is 491 g/mol. The molecule has 0 radical (unpaired) electrons. The summed E-state index contributed by atoms with van der Waals surface area (Å²) >= 11 is 0. The molecule has 0 aromatic heterocycles. The molecule has 0 unspecified atom stereocenters. The Morgan fingerprint density at radius 3 is 2.37 bits per heavy atom. The number of ketones is 1. The van der Waals surface area contributed by atoms with Crippen molar-refractivity contribution in [2.45, 2.75) is 45.1 Å². The van der Waals surface area contributed by atoms with E-state index in [1.54, 1.807) is 6.92 Å². The van der Waals surface area contributed by atoms with Crippen LogP contribution in [0.1, 0.15) is 42.0 Å². The summed E-state index contributed by atoms with van der Waals surface area (Å²) in [6.45, 7) is 4.17. The molecule has 2 aliphatic rings. The molecule has 0 bridgehead atoms. The molecule has 0 atom stereocenters. The van der Waals surface area contributed by atoms with Gasteiger partial charge in [0.25, 0.3) is 0 Å². The smallest absolute Gasteiger partial charge is 0.231 e. The minimum Gasteiger partial charge on any atom is -0.454 e. The second kappa shape index (κ2) is 9.13. The number of rotatable bonds is 9. The molecule has 35 heavy (non-hydrogen) atoms. The second-order valence-corrected chi connectivity index (χ2v) is 11.4. The van der Waals surface area contributed by atoms with E-state index >= 15 is 0 Å². The minimum atomic E-state index is -3.23. The summed E-state index contributed by atoms with van der Waals surface area (Å²) < 4.78 is 36.9. The third-order valence-corrected chi connectivity index (χ3v) is 8.36. The number of carbonyl (C=O) groups excluding carboxylic acids is 1. The van der Waals surface area contributed by atoms with E-state index in [4.69, 9.17) is 9.47 Å². The maximum atomic E-state index is 13.4. The topological polar surface area (TPSA) is 81.7 Å². The molecule has 1 heterocycles.